The summed E-state index contributed by atoms with van der Waals surface area (Å²) < 4.78 is 28.0. The lowest BCUT2D eigenvalue weighted by Crippen LogP contribution is -2.48. The molecule has 10 heteroatoms. The molecule has 37 heavy (non-hydrogen) atoms. The molecule has 1 saturated heterocycles. The summed E-state index contributed by atoms with van der Waals surface area (Å²) in [5.41, 5.74) is 7.16. The third-order valence-corrected chi connectivity index (χ3v) is 7.90. The molecule has 0 aliphatic carbocycles. The molecule has 1 amide bonds. The lowest BCUT2D eigenvalue weighted by atomic mass is 10.1. The van der Waals surface area contributed by atoms with E-state index in [1.807, 2.05) is 36.4 Å². The summed E-state index contributed by atoms with van der Waals surface area (Å²) in [5, 5.41) is 19.2. The Morgan fingerprint density at radius 1 is 1.05 bits per heavy atom. The average molecular weight is 538 g/mol. The number of sulfonamides is 1. The lowest BCUT2D eigenvalue weighted by Gasteiger charge is -2.29. The van der Waals surface area contributed by atoms with Crippen LogP contribution in [0.15, 0.2) is 83.8 Å². The minimum Gasteiger partial charge on any atom is -0.384 e. The summed E-state index contributed by atoms with van der Waals surface area (Å²) in [6, 6.07) is 23.1. The van der Waals surface area contributed by atoms with Gasteiger partial charge in [0.05, 0.1) is 16.5 Å². The molecule has 0 bridgehead atoms. The van der Waals surface area contributed by atoms with Crippen LogP contribution in [0.5, 0.6) is 0 Å². The van der Waals surface area contributed by atoms with Crippen molar-refractivity contribution in [3.05, 3.63) is 101 Å². The molecule has 1 heterocycles. The highest BCUT2D eigenvalue weighted by Gasteiger charge is 2.36. The van der Waals surface area contributed by atoms with Crippen LogP contribution in [-0.2, 0) is 21.4 Å². The van der Waals surface area contributed by atoms with Gasteiger partial charge in [-0.25, -0.2) is 8.42 Å². The molecule has 0 radical (unpaired) electrons. The van der Waals surface area contributed by atoms with E-state index in [0.717, 1.165) is 18.4 Å². The number of nitriles is 1. The fourth-order valence-corrected chi connectivity index (χ4v) is 5.52. The number of carbonyl (C=O) groups excluding carboxylic acids is 1. The number of halogens is 1. The summed E-state index contributed by atoms with van der Waals surface area (Å²) in [7, 11) is -3.93. The number of nitrogen functional groups attached to an aromatic ring is 1. The zero-order valence-corrected chi connectivity index (χ0v) is 21.7. The number of nitrogens with one attached hydrogen (secondary N) is 2. The molecule has 192 valence electrons. The molecule has 0 saturated carbocycles. The second-order valence-corrected chi connectivity index (χ2v) is 10.7. The van der Waals surface area contributed by atoms with Gasteiger partial charge in [0.1, 0.15) is 11.9 Å². The Hall–Kier alpha value is -3.71. The quantitative estimate of drug-likeness (QED) is 0.321. The molecule has 1 fully saturated rings. The van der Waals surface area contributed by atoms with Crippen LogP contribution in [0.25, 0.3) is 0 Å². The fraction of sp³-hybridized carbons (Fsp3) is 0.222. The molecule has 1 unspecified atom stereocenters. The number of nitrogens with two attached hydrogens (primary N) is 1. The van der Waals surface area contributed by atoms with Crippen LogP contribution in [0, 0.1) is 16.7 Å². The summed E-state index contributed by atoms with van der Waals surface area (Å²) in [6.07, 6.45) is 2.02. The number of nitrogens with zero attached hydrogens (tertiary/aromatic N) is 2. The number of amides is 1. The van der Waals surface area contributed by atoms with Crippen molar-refractivity contribution in [3.8, 4) is 6.07 Å². The van der Waals surface area contributed by atoms with Crippen LogP contribution in [0.4, 0.5) is 0 Å². The number of carbonyl (C=O) groups is 1. The van der Waals surface area contributed by atoms with E-state index in [-0.39, 0.29) is 23.2 Å². The van der Waals surface area contributed by atoms with Crippen molar-refractivity contribution in [2.24, 2.45) is 5.73 Å². The van der Waals surface area contributed by atoms with Gasteiger partial charge < -0.3 is 11.1 Å². The predicted molar refractivity (Wildman–Crippen MR) is 143 cm³/mol. The van der Waals surface area contributed by atoms with E-state index < -0.39 is 16.1 Å². The molecule has 1 atom stereocenters. The minimum atomic E-state index is -3.93. The van der Waals surface area contributed by atoms with E-state index in [1.54, 1.807) is 24.3 Å². The maximum atomic E-state index is 13.4. The normalized spacial score (nSPS) is 15.5. The first-order valence-electron chi connectivity index (χ1n) is 11.7. The Morgan fingerprint density at radius 2 is 1.70 bits per heavy atom. The van der Waals surface area contributed by atoms with Gasteiger partial charge in [-0.05, 0) is 61.2 Å². The lowest BCUT2D eigenvalue weighted by molar-refractivity contribution is -0.124. The Morgan fingerprint density at radius 3 is 2.27 bits per heavy atom. The highest BCUT2D eigenvalue weighted by molar-refractivity contribution is 7.89. The number of hydrogen-bond donors (Lipinski definition) is 3. The van der Waals surface area contributed by atoms with Crippen molar-refractivity contribution in [2.45, 2.75) is 36.7 Å². The molecule has 0 spiro atoms. The van der Waals surface area contributed by atoms with Crippen LogP contribution >= 0.6 is 11.6 Å². The predicted octanol–water partition coefficient (Wildman–Crippen LogP) is 4.04. The zero-order chi connectivity index (χ0) is 26.8. The number of hydrogen-bond acceptors (Lipinski definition) is 5. The van der Waals surface area contributed by atoms with Gasteiger partial charge in [-0.15, -0.1) is 0 Å². The third-order valence-electron chi connectivity index (χ3n) is 5.78. The molecule has 4 rings (SSSR count). The van der Waals surface area contributed by atoms with Crippen LogP contribution in [0.1, 0.15) is 36.0 Å². The molecule has 3 aromatic carbocycles. The third kappa shape index (κ3) is 7.64. The highest BCUT2D eigenvalue weighted by Crippen LogP contribution is 2.26. The van der Waals surface area contributed by atoms with E-state index in [4.69, 9.17) is 28.0 Å². The van der Waals surface area contributed by atoms with Crippen LogP contribution in [0.3, 0.4) is 0 Å². The first-order valence-corrected chi connectivity index (χ1v) is 13.5. The Labute approximate surface area is 222 Å². The van der Waals surface area contributed by atoms with E-state index in [9.17, 15) is 13.2 Å². The van der Waals surface area contributed by atoms with Crippen molar-refractivity contribution in [1.82, 2.24) is 9.62 Å². The zero-order valence-electron chi connectivity index (χ0n) is 20.1. The Bertz CT molecular complexity index is 1360. The Kier molecular flexibility index (Phi) is 9.80. The molecule has 4 N–H and O–H groups in total. The number of amidine groups is 1. The monoisotopic (exact) mass is 537 g/mol. The van der Waals surface area contributed by atoms with Crippen molar-refractivity contribution in [2.75, 3.05) is 6.54 Å². The minimum absolute atomic E-state index is 0.0365. The molecule has 8 nitrogen and oxygen atoms in total. The number of benzene rings is 3. The largest absolute Gasteiger partial charge is 0.384 e. The topological polar surface area (TPSA) is 140 Å². The second kappa shape index (κ2) is 13.0. The van der Waals surface area contributed by atoms with Gasteiger partial charge in [0.15, 0.2) is 0 Å². The van der Waals surface area contributed by atoms with E-state index in [2.05, 4.69) is 5.32 Å². The van der Waals surface area contributed by atoms with Crippen LogP contribution < -0.4 is 11.1 Å². The van der Waals surface area contributed by atoms with Gasteiger partial charge >= 0.3 is 0 Å². The molecule has 1 aliphatic heterocycles. The van der Waals surface area contributed by atoms with Crippen molar-refractivity contribution < 1.29 is 13.2 Å². The van der Waals surface area contributed by atoms with Gasteiger partial charge in [-0.2, -0.15) is 9.57 Å². The molecular weight excluding hydrogens is 510 g/mol. The number of rotatable bonds is 6. The Balaban J connectivity index is 0.000000356. The average Bonchev–Trinajstić information content (AvgIpc) is 3.12. The first-order chi connectivity index (χ1) is 17.7. The maximum Gasteiger partial charge on any atom is 0.244 e. The standard InChI is InChI=1S/C20H20ClN3O3S.C7H8N2/c21-17-8-10-18(11-9-17)28(26,27)24(19-3-1-2-12-23-20(19)25)14-16-6-4-15(13-22)5-7-16;8-7(9)6-4-2-1-3-5-6/h4-11,19H,1-3,12,14H2,(H,23,25);1-5H,(H3,8,9). The summed E-state index contributed by atoms with van der Waals surface area (Å²) in [4.78, 5) is 12.7. The van der Waals surface area contributed by atoms with Gasteiger partial charge in [0, 0.05) is 23.7 Å². The summed E-state index contributed by atoms with van der Waals surface area (Å²) in [5.74, 6) is -0.167. The van der Waals surface area contributed by atoms with Crippen molar-refractivity contribution >= 4 is 33.4 Å². The van der Waals surface area contributed by atoms with Crippen molar-refractivity contribution in [1.29, 1.82) is 10.7 Å². The van der Waals surface area contributed by atoms with E-state index in [0.29, 0.717) is 29.1 Å². The molecule has 1 aliphatic rings. The maximum absolute atomic E-state index is 13.4. The first kappa shape index (κ1) is 27.9. The van der Waals surface area contributed by atoms with E-state index in [1.165, 1.54) is 28.6 Å². The van der Waals surface area contributed by atoms with Gasteiger partial charge in [-0.3, -0.25) is 10.2 Å². The SMILES string of the molecule is N#Cc1ccc(CN(C2CCCCNC2=O)S(=O)(=O)c2ccc(Cl)cc2)cc1.N=C(N)c1ccccc1. The van der Waals surface area contributed by atoms with Gasteiger partial charge in [0.2, 0.25) is 15.9 Å². The van der Waals surface area contributed by atoms with Crippen LogP contribution in [-0.4, -0.2) is 37.1 Å². The summed E-state index contributed by atoms with van der Waals surface area (Å²) >= 11 is 5.89. The molecule has 3 aromatic rings. The van der Waals surface area contributed by atoms with E-state index >= 15 is 0 Å². The second-order valence-electron chi connectivity index (χ2n) is 8.40. The van der Waals surface area contributed by atoms with Gasteiger partial charge in [0.25, 0.3) is 0 Å². The van der Waals surface area contributed by atoms with Gasteiger partial charge in [-0.1, -0.05) is 54.1 Å². The molecular formula is C27H28ClN5O3S. The fourth-order valence-electron chi connectivity index (χ4n) is 3.78. The smallest absolute Gasteiger partial charge is 0.244 e. The van der Waals surface area contributed by atoms with Crippen LogP contribution in [0.2, 0.25) is 5.02 Å². The highest BCUT2D eigenvalue weighted by atomic mass is 35.5. The molecule has 0 aromatic heterocycles. The summed E-state index contributed by atoms with van der Waals surface area (Å²) in [6.45, 7) is 0.579. The van der Waals surface area contributed by atoms with Crippen molar-refractivity contribution in [3.63, 3.8) is 0 Å².